The zero-order valence-electron chi connectivity index (χ0n) is 19.4. The Balaban J connectivity index is 2.18. The van der Waals surface area contributed by atoms with Crippen molar-refractivity contribution in [2.24, 2.45) is 11.8 Å². The van der Waals surface area contributed by atoms with Crippen molar-refractivity contribution in [1.29, 1.82) is 0 Å². The van der Waals surface area contributed by atoms with Gasteiger partial charge in [-0.2, -0.15) is 0 Å². The molecule has 0 radical (unpaired) electrons. The van der Waals surface area contributed by atoms with E-state index in [0.717, 1.165) is 6.42 Å². The van der Waals surface area contributed by atoms with Crippen LogP contribution in [0.4, 0.5) is 0 Å². The smallest absolute Gasteiger partial charge is 0.260 e. The van der Waals surface area contributed by atoms with Gasteiger partial charge >= 0.3 is 0 Å². The molecule has 0 saturated carbocycles. The molecule has 1 heterocycles. The number of allylic oxidation sites excluding steroid dienone is 2. The number of amides is 1. The van der Waals surface area contributed by atoms with Crippen molar-refractivity contribution in [2.45, 2.75) is 37.0 Å². The number of ether oxygens (including phenoxy) is 2. The fourth-order valence-electron chi connectivity index (χ4n) is 5.07. The highest BCUT2D eigenvalue weighted by molar-refractivity contribution is 7.90. The quantitative estimate of drug-likeness (QED) is 0.572. The van der Waals surface area contributed by atoms with Crippen LogP contribution >= 0.6 is 0 Å². The summed E-state index contributed by atoms with van der Waals surface area (Å²) in [5.74, 6) is -0.290. The Labute approximate surface area is 191 Å². The van der Waals surface area contributed by atoms with Gasteiger partial charge in [0, 0.05) is 25.9 Å². The standard InChI is InChI=1S/C23H35N3O5S/c1-26(2)32(28,29)23(17-9-6-5-7-10-17,18-13-15-24-16-14-18)25-22(27)21-19(30-3)11-8-12-20(21)31-4/h5-6,8,11-12,17-18,24H,7,9-10,13-16H2,1-4H3,(H,25,27). The maximum absolute atomic E-state index is 14.0. The molecule has 8 nitrogen and oxygen atoms in total. The van der Waals surface area contributed by atoms with E-state index in [1.54, 1.807) is 32.3 Å². The van der Waals surface area contributed by atoms with E-state index in [2.05, 4.69) is 16.7 Å². The Bertz CT molecular complexity index is 919. The second-order valence-corrected chi connectivity index (χ2v) is 10.9. The third kappa shape index (κ3) is 4.38. The molecular weight excluding hydrogens is 430 g/mol. The van der Waals surface area contributed by atoms with Gasteiger partial charge in [-0.15, -0.1) is 0 Å². The molecule has 178 valence electrons. The van der Waals surface area contributed by atoms with Crippen molar-refractivity contribution in [1.82, 2.24) is 14.9 Å². The van der Waals surface area contributed by atoms with Crippen LogP contribution in [0.25, 0.3) is 0 Å². The summed E-state index contributed by atoms with van der Waals surface area (Å²) in [6.07, 6.45) is 7.51. The molecule has 1 aliphatic carbocycles. The monoisotopic (exact) mass is 465 g/mol. The first-order valence-electron chi connectivity index (χ1n) is 11.1. The number of methoxy groups -OCH3 is 2. The first-order chi connectivity index (χ1) is 15.3. The zero-order chi connectivity index (χ0) is 23.4. The molecule has 1 aromatic carbocycles. The van der Waals surface area contributed by atoms with Crippen molar-refractivity contribution in [3.05, 3.63) is 35.9 Å². The summed E-state index contributed by atoms with van der Waals surface area (Å²) in [5.41, 5.74) is 0.205. The van der Waals surface area contributed by atoms with E-state index in [1.165, 1.54) is 18.5 Å². The lowest BCUT2D eigenvalue weighted by Crippen LogP contribution is -2.67. The normalized spacial score (nSPS) is 21.7. The maximum atomic E-state index is 14.0. The van der Waals surface area contributed by atoms with Crippen LogP contribution in [0.3, 0.4) is 0 Å². The van der Waals surface area contributed by atoms with Crippen LogP contribution in [0.15, 0.2) is 30.4 Å². The average Bonchev–Trinajstić information content (AvgIpc) is 2.82. The first-order valence-corrected chi connectivity index (χ1v) is 12.5. The van der Waals surface area contributed by atoms with Crippen molar-refractivity contribution < 1.29 is 22.7 Å². The van der Waals surface area contributed by atoms with Crippen LogP contribution in [0.5, 0.6) is 11.5 Å². The molecule has 2 N–H and O–H groups in total. The molecule has 1 saturated heterocycles. The van der Waals surface area contributed by atoms with E-state index < -0.39 is 20.8 Å². The third-order valence-electron chi connectivity index (χ3n) is 6.69. The van der Waals surface area contributed by atoms with Crippen molar-refractivity contribution in [3.63, 3.8) is 0 Å². The van der Waals surface area contributed by atoms with Crippen LogP contribution in [0, 0.1) is 11.8 Å². The Morgan fingerprint density at radius 3 is 2.19 bits per heavy atom. The third-order valence-corrected chi connectivity index (χ3v) is 9.28. The number of nitrogens with one attached hydrogen (secondary N) is 2. The molecule has 2 atom stereocenters. The Morgan fingerprint density at radius 1 is 1.06 bits per heavy atom. The molecule has 3 rings (SSSR count). The highest BCUT2D eigenvalue weighted by atomic mass is 32.2. The van der Waals surface area contributed by atoms with Gasteiger partial charge in [0.05, 0.1) is 14.2 Å². The van der Waals surface area contributed by atoms with Gasteiger partial charge < -0.3 is 20.1 Å². The van der Waals surface area contributed by atoms with Crippen LogP contribution in [0.1, 0.15) is 42.5 Å². The van der Waals surface area contributed by atoms with E-state index in [1.807, 2.05) is 6.08 Å². The highest BCUT2D eigenvalue weighted by Crippen LogP contribution is 2.44. The lowest BCUT2D eigenvalue weighted by atomic mass is 9.76. The second kappa shape index (κ2) is 10.2. The van der Waals surface area contributed by atoms with Gasteiger partial charge in [-0.3, -0.25) is 4.79 Å². The van der Waals surface area contributed by atoms with E-state index in [4.69, 9.17) is 9.47 Å². The van der Waals surface area contributed by atoms with Gasteiger partial charge in [0.2, 0.25) is 10.0 Å². The summed E-state index contributed by atoms with van der Waals surface area (Å²) in [4.78, 5) is 12.3. The van der Waals surface area contributed by atoms with Gasteiger partial charge in [0.1, 0.15) is 17.1 Å². The minimum Gasteiger partial charge on any atom is -0.496 e. The summed E-state index contributed by atoms with van der Waals surface area (Å²) in [6, 6.07) is 5.08. The van der Waals surface area contributed by atoms with Gasteiger partial charge in [-0.25, -0.2) is 12.7 Å². The molecule has 1 aliphatic heterocycles. The Hall–Kier alpha value is -2.10. The van der Waals surface area contributed by atoms with Crippen molar-refractivity contribution in [2.75, 3.05) is 41.4 Å². The molecule has 32 heavy (non-hydrogen) atoms. The van der Waals surface area contributed by atoms with Crippen LogP contribution in [-0.2, 0) is 10.0 Å². The van der Waals surface area contributed by atoms with E-state index in [0.29, 0.717) is 50.3 Å². The predicted molar refractivity (Wildman–Crippen MR) is 124 cm³/mol. The first kappa shape index (κ1) is 24.5. The molecule has 0 aromatic heterocycles. The summed E-state index contributed by atoms with van der Waals surface area (Å²) in [5, 5.41) is 6.38. The largest absolute Gasteiger partial charge is 0.496 e. The molecule has 0 bridgehead atoms. The van der Waals surface area contributed by atoms with E-state index in [-0.39, 0.29) is 17.4 Å². The molecule has 2 aliphatic rings. The number of rotatable bonds is 8. The Kier molecular flexibility index (Phi) is 7.84. The van der Waals surface area contributed by atoms with E-state index >= 15 is 0 Å². The summed E-state index contributed by atoms with van der Waals surface area (Å²) >= 11 is 0. The maximum Gasteiger partial charge on any atom is 0.260 e. The summed E-state index contributed by atoms with van der Waals surface area (Å²) < 4.78 is 40.2. The number of carbonyl (C=O) groups is 1. The fraction of sp³-hybridized carbons (Fsp3) is 0.609. The number of benzene rings is 1. The van der Waals surface area contributed by atoms with E-state index in [9.17, 15) is 13.2 Å². The molecule has 9 heteroatoms. The number of hydrogen-bond acceptors (Lipinski definition) is 6. The minimum absolute atomic E-state index is 0.205. The van der Waals surface area contributed by atoms with Crippen molar-refractivity contribution >= 4 is 15.9 Å². The number of carbonyl (C=O) groups excluding carboxylic acids is 1. The minimum atomic E-state index is -3.88. The number of hydrogen-bond donors (Lipinski definition) is 2. The van der Waals surface area contributed by atoms with Crippen LogP contribution in [-0.4, -0.2) is 64.9 Å². The number of piperidine rings is 1. The van der Waals surface area contributed by atoms with Crippen LogP contribution < -0.4 is 20.1 Å². The molecular formula is C23H35N3O5S. The van der Waals surface area contributed by atoms with Crippen LogP contribution in [0.2, 0.25) is 0 Å². The molecule has 1 aromatic rings. The topological polar surface area (TPSA) is 97.0 Å². The summed E-state index contributed by atoms with van der Waals surface area (Å²) in [7, 11) is 2.16. The van der Waals surface area contributed by atoms with Gasteiger partial charge in [0.15, 0.2) is 4.87 Å². The number of sulfonamides is 1. The molecule has 0 spiro atoms. The average molecular weight is 466 g/mol. The summed E-state index contributed by atoms with van der Waals surface area (Å²) in [6.45, 7) is 1.43. The van der Waals surface area contributed by atoms with Gasteiger partial charge in [-0.1, -0.05) is 18.2 Å². The van der Waals surface area contributed by atoms with Crippen molar-refractivity contribution in [3.8, 4) is 11.5 Å². The lowest BCUT2D eigenvalue weighted by molar-refractivity contribution is 0.0817. The lowest BCUT2D eigenvalue weighted by Gasteiger charge is -2.48. The van der Waals surface area contributed by atoms with Gasteiger partial charge in [0.25, 0.3) is 5.91 Å². The predicted octanol–water partition coefficient (Wildman–Crippen LogP) is 2.38. The zero-order valence-corrected chi connectivity index (χ0v) is 20.2. The molecule has 2 unspecified atom stereocenters. The Morgan fingerprint density at radius 2 is 1.69 bits per heavy atom. The highest BCUT2D eigenvalue weighted by Gasteiger charge is 2.57. The molecule has 1 amide bonds. The fourth-order valence-corrected chi connectivity index (χ4v) is 7.19. The second-order valence-electron chi connectivity index (χ2n) is 8.58. The van der Waals surface area contributed by atoms with Gasteiger partial charge in [-0.05, 0) is 57.3 Å². The molecule has 1 fully saturated rings. The SMILES string of the molecule is COc1cccc(OC)c1C(=O)NC(C1CC=CCC1)(C1CCNCC1)S(=O)(=O)N(C)C. The number of nitrogens with zero attached hydrogens (tertiary/aromatic N) is 1.